The van der Waals surface area contributed by atoms with Crippen molar-refractivity contribution in [2.45, 2.75) is 61.9 Å². The van der Waals surface area contributed by atoms with E-state index in [0.717, 1.165) is 29.0 Å². The van der Waals surface area contributed by atoms with Crippen LogP contribution in [0.4, 0.5) is 5.69 Å². The zero-order chi connectivity index (χ0) is 16.9. The van der Waals surface area contributed by atoms with Crippen molar-refractivity contribution in [3.05, 3.63) is 23.8 Å². The summed E-state index contributed by atoms with van der Waals surface area (Å²) in [6.45, 7) is 0. The largest absolute Gasteiger partial charge is 0.382 e. The number of hydrogen-bond donors (Lipinski definition) is 4. The number of nitrogens with two attached hydrogens (primary N) is 2. The fraction of sp³-hybridized carbons (Fsp3) is 0.588. The highest BCUT2D eigenvalue weighted by atomic mass is 32.2. The third kappa shape index (κ3) is 4.55. The van der Waals surface area contributed by atoms with Crippen molar-refractivity contribution in [2.75, 3.05) is 12.4 Å². The molecule has 2 fully saturated rings. The SMILES string of the molecule is CNSc1ccc(NC2CCCCC2)c(/C(N)=N/N(N)C2CC2)c1. The molecule has 0 bridgehead atoms. The summed E-state index contributed by atoms with van der Waals surface area (Å²) in [5.74, 6) is 6.45. The number of benzene rings is 1. The van der Waals surface area contributed by atoms with E-state index in [1.54, 1.807) is 11.9 Å². The van der Waals surface area contributed by atoms with Gasteiger partial charge in [-0.25, -0.2) is 11.0 Å². The Labute approximate surface area is 148 Å². The topological polar surface area (TPSA) is 91.7 Å². The van der Waals surface area contributed by atoms with Gasteiger partial charge in [0.05, 0.1) is 6.04 Å². The van der Waals surface area contributed by atoms with Crippen LogP contribution in [0.25, 0.3) is 0 Å². The molecule has 24 heavy (non-hydrogen) atoms. The fourth-order valence-corrected chi connectivity index (χ4v) is 3.66. The molecule has 0 heterocycles. The van der Waals surface area contributed by atoms with Gasteiger partial charge in [0.25, 0.3) is 0 Å². The lowest BCUT2D eigenvalue weighted by Crippen LogP contribution is -2.32. The number of anilines is 1. The van der Waals surface area contributed by atoms with Gasteiger partial charge in [0.15, 0.2) is 5.84 Å². The van der Waals surface area contributed by atoms with Gasteiger partial charge in [-0.3, -0.25) is 4.72 Å². The third-order valence-electron chi connectivity index (χ3n) is 4.60. The molecule has 2 saturated carbocycles. The highest BCUT2D eigenvalue weighted by molar-refractivity contribution is 7.97. The van der Waals surface area contributed by atoms with Crippen LogP contribution >= 0.6 is 11.9 Å². The van der Waals surface area contributed by atoms with Crippen LogP contribution in [0.15, 0.2) is 28.2 Å². The van der Waals surface area contributed by atoms with Crippen LogP contribution < -0.4 is 21.6 Å². The van der Waals surface area contributed by atoms with E-state index in [1.807, 2.05) is 7.05 Å². The molecule has 2 aliphatic rings. The van der Waals surface area contributed by atoms with E-state index >= 15 is 0 Å². The molecule has 1 aromatic rings. The molecule has 0 saturated heterocycles. The summed E-state index contributed by atoms with van der Waals surface area (Å²) in [5, 5.41) is 9.58. The van der Waals surface area contributed by atoms with E-state index in [2.05, 4.69) is 33.3 Å². The minimum absolute atomic E-state index is 0.341. The quantitative estimate of drug-likeness (QED) is 0.199. The summed E-state index contributed by atoms with van der Waals surface area (Å²) < 4.78 is 3.10. The van der Waals surface area contributed by atoms with E-state index in [0.29, 0.717) is 17.9 Å². The minimum atomic E-state index is 0.341. The molecule has 0 amide bonds. The number of nitrogens with one attached hydrogen (secondary N) is 2. The minimum Gasteiger partial charge on any atom is -0.382 e. The van der Waals surface area contributed by atoms with Crippen LogP contribution in [0.5, 0.6) is 0 Å². The number of nitrogens with zero attached hydrogens (tertiary/aromatic N) is 2. The Morgan fingerprint density at radius 2 is 1.96 bits per heavy atom. The molecule has 1 aromatic carbocycles. The van der Waals surface area contributed by atoms with Crippen LogP contribution in [0.1, 0.15) is 50.5 Å². The van der Waals surface area contributed by atoms with Crippen molar-refractivity contribution in [3.8, 4) is 0 Å². The summed E-state index contributed by atoms with van der Waals surface area (Å²) in [5.41, 5.74) is 8.27. The summed E-state index contributed by atoms with van der Waals surface area (Å²) in [4.78, 5) is 1.11. The van der Waals surface area contributed by atoms with Gasteiger partial charge in [-0.15, -0.1) is 5.10 Å². The average Bonchev–Trinajstić information content (AvgIpc) is 3.42. The zero-order valence-corrected chi connectivity index (χ0v) is 15.1. The standard InChI is InChI=1S/C17H28N6S/c1-20-24-14-9-10-16(21-12-5-3-2-4-6-12)15(11-14)17(18)22-23(19)13-7-8-13/h9-13,20-21H,2-8,19H2,1H3,(H2,18,22). The smallest absolute Gasteiger partial charge is 0.154 e. The van der Waals surface area contributed by atoms with E-state index < -0.39 is 0 Å². The molecule has 0 spiro atoms. The van der Waals surface area contributed by atoms with Gasteiger partial charge >= 0.3 is 0 Å². The number of hydrazone groups is 1. The Kier molecular flexibility index (Phi) is 5.86. The van der Waals surface area contributed by atoms with Crippen molar-refractivity contribution in [3.63, 3.8) is 0 Å². The van der Waals surface area contributed by atoms with Crippen LogP contribution in [-0.2, 0) is 0 Å². The summed E-state index contributed by atoms with van der Waals surface area (Å²) >= 11 is 1.57. The lowest BCUT2D eigenvalue weighted by atomic mass is 9.95. The van der Waals surface area contributed by atoms with Crippen LogP contribution in [0.2, 0.25) is 0 Å². The van der Waals surface area contributed by atoms with Gasteiger partial charge in [-0.1, -0.05) is 19.3 Å². The van der Waals surface area contributed by atoms with Crippen LogP contribution in [-0.4, -0.2) is 30.1 Å². The van der Waals surface area contributed by atoms with Crippen molar-refractivity contribution in [1.29, 1.82) is 0 Å². The van der Waals surface area contributed by atoms with Crippen molar-refractivity contribution >= 4 is 23.5 Å². The molecule has 0 aromatic heterocycles. The molecule has 2 aliphatic carbocycles. The first-order valence-corrected chi connectivity index (χ1v) is 9.61. The Hall–Kier alpha value is -1.44. The number of hydrogen-bond acceptors (Lipinski definition) is 6. The molecule has 132 valence electrons. The molecule has 0 radical (unpaired) electrons. The molecule has 0 aliphatic heterocycles. The van der Waals surface area contributed by atoms with E-state index in [1.165, 1.54) is 37.2 Å². The third-order valence-corrected chi connectivity index (χ3v) is 5.29. The molecule has 6 N–H and O–H groups in total. The molecule has 7 heteroatoms. The normalized spacial score (nSPS) is 19.3. The maximum Gasteiger partial charge on any atom is 0.154 e. The Bertz CT molecular complexity index is 580. The van der Waals surface area contributed by atoms with Crippen molar-refractivity contribution in [1.82, 2.24) is 9.84 Å². The predicted molar refractivity (Wildman–Crippen MR) is 102 cm³/mol. The van der Waals surface area contributed by atoms with Gasteiger partial charge in [-0.2, -0.15) is 0 Å². The highest BCUT2D eigenvalue weighted by Crippen LogP contribution is 2.28. The Morgan fingerprint density at radius 1 is 1.21 bits per heavy atom. The second-order valence-corrected chi connectivity index (χ2v) is 7.67. The number of hydrazine groups is 1. The molecule has 0 atom stereocenters. The monoisotopic (exact) mass is 348 g/mol. The molecular weight excluding hydrogens is 320 g/mol. The zero-order valence-electron chi connectivity index (χ0n) is 14.3. The summed E-state index contributed by atoms with van der Waals surface area (Å²) in [7, 11) is 1.91. The first-order chi connectivity index (χ1) is 11.7. The molecule has 0 unspecified atom stereocenters. The average molecular weight is 349 g/mol. The molecular formula is C17H28N6S. The molecule has 3 rings (SSSR count). The summed E-state index contributed by atoms with van der Waals surface area (Å²) in [6, 6.07) is 7.14. The van der Waals surface area contributed by atoms with Crippen molar-refractivity contribution in [2.24, 2.45) is 16.7 Å². The fourth-order valence-electron chi connectivity index (χ4n) is 3.11. The van der Waals surface area contributed by atoms with Crippen LogP contribution in [0, 0.1) is 0 Å². The second-order valence-electron chi connectivity index (χ2n) is 6.59. The Balaban J connectivity index is 1.82. The van der Waals surface area contributed by atoms with E-state index in [4.69, 9.17) is 11.6 Å². The predicted octanol–water partition coefficient (Wildman–Crippen LogP) is 2.62. The van der Waals surface area contributed by atoms with Crippen molar-refractivity contribution < 1.29 is 0 Å². The second kappa shape index (κ2) is 8.09. The Morgan fingerprint density at radius 3 is 2.62 bits per heavy atom. The van der Waals surface area contributed by atoms with Crippen LogP contribution in [0.3, 0.4) is 0 Å². The highest BCUT2D eigenvalue weighted by Gasteiger charge is 2.27. The first kappa shape index (κ1) is 17.4. The number of amidine groups is 1. The van der Waals surface area contributed by atoms with Gasteiger partial charge in [0.1, 0.15) is 0 Å². The summed E-state index contributed by atoms with van der Waals surface area (Å²) in [6.07, 6.45) is 8.55. The maximum atomic E-state index is 6.29. The number of rotatable bonds is 7. The van der Waals surface area contributed by atoms with Gasteiger partial charge < -0.3 is 11.1 Å². The maximum absolute atomic E-state index is 6.29. The van der Waals surface area contributed by atoms with Gasteiger partial charge in [0.2, 0.25) is 0 Å². The first-order valence-electron chi connectivity index (χ1n) is 8.80. The van der Waals surface area contributed by atoms with Gasteiger partial charge in [-0.05, 0) is 62.9 Å². The van der Waals surface area contributed by atoms with E-state index in [9.17, 15) is 0 Å². The van der Waals surface area contributed by atoms with Gasteiger partial charge in [0, 0.05) is 22.2 Å². The molecule has 6 nitrogen and oxygen atoms in total. The lowest BCUT2D eigenvalue weighted by Gasteiger charge is -2.25. The van der Waals surface area contributed by atoms with E-state index in [-0.39, 0.29) is 0 Å². The lowest BCUT2D eigenvalue weighted by molar-refractivity contribution is 0.288.